The van der Waals surface area contributed by atoms with Gasteiger partial charge < -0.3 is 15.0 Å². The van der Waals surface area contributed by atoms with E-state index in [1.807, 2.05) is 29.6 Å². The number of hydrogen-bond donors (Lipinski definition) is 1. The minimum atomic E-state index is -0.348. The van der Waals surface area contributed by atoms with Gasteiger partial charge in [0.05, 0.1) is 11.3 Å². The molecular formula is C25H25ClN4O2S. The van der Waals surface area contributed by atoms with Gasteiger partial charge in [0.15, 0.2) is 0 Å². The van der Waals surface area contributed by atoms with E-state index in [9.17, 15) is 10.1 Å². The molecule has 0 aliphatic rings. The summed E-state index contributed by atoms with van der Waals surface area (Å²) < 4.78 is 5.35. The Morgan fingerprint density at radius 2 is 1.88 bits per heavy atom. The number of carbonyl (C=O) groups is 1. The van der Waals surface area contributed by atoms with Crippen molar-refractivity contribution in [2.45, 2.75) is 13.8 Å². The first-order valence-electron chi connectivity index (χ1n) is 10.6. The van der Waals surface area contributed by atoms with E-state index in [4.69, 9.17) is 16.3 Å². The predicted octanol–water partition coefficient (Wildman–Crippen LogP) is 5.94. The molecule has 170 valence electrons. The molecule has 0 bridgehead atoms. The van der Waals surface area contributed by atoms with Crippen molar-refractivity contribution in [3.05, 3.63) is 75.7 Å². The highest BCUT2D eigenvalue weighted by molar-refractivity contribution is 7.11. The van der Waals surface area contributed by atoms with E-state index in [0.717, 1.165) is 36.6 Å². The van der Waals surface area contributed by atoms with Crippen LogP contribution in [0.4, 0.5) is 5.69 Å². The number of nitrogens with one attached hydrogen (secondary N) is 1. The highest BCUT2D eigenvalue weighted by Gasteiger charge is 2.10. The fraction of sp³-hybridized carbons (Fsp3) is 0.240. The van der Waals surface area contributed by atoms with Crippen LogP contribution in [-0.2, 0) is 4.74 Å². The third-order valence-corrected chi connectivity index (χ3v) is 6.16. The Morgan fingerprint density at radius 1 is 1.18 bits per heavy atom. The monoisotopic (exact) mass is 480 g/mol. The summed E-state index contributed by atoms with van der Waals surface area (Å²) >= 11 is 7.34. The number of rotatable bonds is 10. The second-order valence-electron chi connectivity index (χ2n) is 7.10. The van der Waals surface area contributed by atoms with Crippen LogP contribution in [0.3, 0.4) is 0 Å². The van der Waals surface area contributed by atoms with Gasteiger partial charge in [-0.3, -0.25) is 0 Å². The molecule has 0 spiro atoms. The van der Waals surface area contributed by atoms with Crippen molar-refractivity contribution in [1.29, 1.82) is 5.26 Å². The molecule has 2 aromatic carbocycles. The zero-order valence-electron chi connectivity index (χ0n) is 18.5. The molecule has 1 aromatic heterocycles. The van der Waals surface area contributed by atoms with Crippen LogP contribution in [0.15, 0.2) is 60.1 Å². The van der Waals surface area contributed by atoms with Crippen LogP contribution in [0.25, 0.3) is 16.8 Å². The molecule has 0 saturated heterocycles. The summed E-state index contributed by atoms with van der Waals surface area (Å²) in [6.45, 7) is 7.09. The number of halogens is 1. The summed E-state index contributed by atoms with van der Waals surface area (Å²) in [5, 5.41) is 15.9. The van der Waals surface area contributed by atoms with Gasteiger partial charge in [-0.25, -0.2) is 9.78 Å². The van der Waals surface area contributed by atoms with E-state index in [-0.39, 0.29) is 5.97 Å². The zero-order valence-corrected chi connectivity index (χ0v) is 20.1. The first kappa shape index (κ1) is 24.5. The molecule has 0 aliphatic carbocycles. The number of benzene rings is 2. The topological polar surface area (TPSA) is 78.2 Å². The van der Waals surface area contributed by atoms with Crippen LogP contribution in [0.5, 0.6) is 0 Å². The number of aromatic nitrogens is 1. The molecular weight excluding hydrogens is 456 g/mol. The van der Waals surface area contributed by atoms with Gasteiger partial charge in [-0.2, -0.15) is 5.26 Å². The SMILES string of the molecule is CCN(CC)CCOC(=O)c1ccc(N/C=C(\C#N)c2nc(-c3ccc(Cl)cc3)cs2)cc1. The average molecular weight is 481 g/mol. The molecule has 0 saturated carbocycles. The molecule has 0 unspecified atom stereocenters. The maximum absolute atomic E-state index is 12.2. The molecule has 0 radical (unpaired) electrons. The van der Waals surface area contributed by atoms with Gasteiger partial charge in [0.2, 0.25) is 0 Å². The van der Waals surface area contributed by atoms with Crippen molar-refractivity contribution in [3.8, 4) is 17.3 Å². The third-order valence-electron chi connectivity index (χ3n) is 5.03. The van der Waals surface area contributed by atoms with Crippen molar-refractivity contribution >= 4 is 40.2 Å². The van der Waals surface area contributed by atoms with Crippen LogP contribution in [0.2, 0.25) is 5.02 Å². The number of hydrogen-bond acceptors (Lipinski definition) is 7. The summed E-state index contributed by atoms with van der Waals surface area (Å²) in [7, 11) is 0. The lowest BCUT2D eigenvalue weighted by Crippen LogP contribution is -2.27. The van der Waals surface area contributed by atoms with Gasteiger partial charge in [-0.15, -0.1) is 11.3 Å². The minimum Gasteiger partial charge on any atom is -0.461 e. The Bertz CT molecular complexity index is 1130. The van der Waals surface area contributed by atoms with Crippen LogP contribution in [0, 0.1) is 11.3 Å². The van der Waals surface area contributed by atoms with Crippen molar-refractivity contribution in [2.75, 3.05) is 31.6 Å². The smallest absolute Gasteiger partial charge is 0.338 e. The first-order chi connectivity index (χ1) is 16.0. The number of nitrogens with zero attached hydrogens (tertiary/aromatic N) is 3. The number of thiazole rings is 1. The molecule has 33 heavy (non-hydrogen) atoms. The number of ether oxygens (including phenoxy) is 1. The van der Waals surface area contributed by atoms with E-state index in [1.165, 1.54) is 11.3 Å². The Balaban J connectivity index is 1.60. The lowest BCUT2D eigenvalue weighted by Gasteiger charge is -2.17. The Labute approximate surface area is 203 Å². The molecule has 0 amide bonds. The lowest BCUT2D eigenvalue weighted by atomic mass is 10.2. The van der Waals surface area contributed by atoms with Crippen LogP contribution in [0.1, 0.15) is 29.2 Å². The molecule has 1 heterocycles. The van der Waals surface area contributed by atoms with E-state index in [2.05, 4.69) is 35.1 Å². The number of allylic oxidation sites excluding steroid dienone is 1. The van der Waals surface area contributed by atoms with E-state index in [0.29, 0.717) is 27.8 Å². The van der Waals surface area contributed by atoms with Gasteiger partial charge in [-0.05, 0) is 49.5 Å². The number of likely N-dealkylation sites (N-methyl/N-ethyl adjacent to an activating group) is 1. The molecule has 0 atom stereocenters. The van der Waals surface area contributed by atoms with E-state index in [1.54, 1.807) is 30.5 Å². The van der Waals surface area contributed by atoms with Crippen molar-refractivity contribution in [1.82, 2.24) is 9.88 Å². The fourth-order valence-corrected chi connectivity index (χ4v) is 3.96. The fourth-order valence-electron chi connectivity index (χ4n) is 3.04. The van der Waals surface area contributed by atoms with E-state index < -0.39 is 0 Å². The molecule has 1 N–H and O–H groups in total. The summed E-state index contributed by atoms with van der Waals surface area (Å²) in [6, 6.07) is 16.5. The largest absolute Gasteiger partial charge is 0.461 e. The third kappa shape index (κ3) is 6.90. The lowest BCUT2D eigenvalue weighted by molar-refractivity contribution is 0.0466. The molecule has 6 nitrogen and oxygen atoms in total. The maximum Gasteiger partial charge on any atom is 0.338 e. The van der Waals surface area contributed by atoms with Crippen LogP contribution in [-0.4, -0.2) is 42.1 Å². The quantitative estimate of drug-likeness (QED) is 0.286. The second-order valence-corrected chi connectivity index (χ2v) is 8.39. The normalized spacial score (nSPS) is 11.3. The zero-order chi connectivity index (χ0) is 23.6. The maximum atomic E-state index is 12.2. The standard InChI is InChI=1S/C25H25ClN4O2S/c1-3-30(4-2)13-14-32-25(31)19-7-11-22(12-8-19)28-16-20(15-27)24-29-23(17-33-24)18-5-9-21(26)10-6-18/h5-12,16-17,28H,3-4,13-14H2,1-2H3/b20-16+. The average Bonchev–Trinajstić information content (AvgIpc) is 3.33. The van der Waals surface area contributed by atoms with Crippen molar-refractivity contribution in [3.63, 3.8) is 0 Å². The van der Waals surface area contributed by atoms with Gasteiger partial charge in [0.1, 0.15) is 23.3 Å². The van der Waals surface area contributed by atoms with Gasteiger partial charge in [0, 0.05) is 34.4 Å². The molecule has 3 rings (SSSR count). The van der Waals surface area contributed by atoms with Gasteiger partial charge in [-0.1, -0.05) is 37.6 Å². The first-order valence-corrected chi connectivity index (χ1v) is 11.9. The number of anilines is 1. The summed E-state index contributed by atoms with van der Waals surface area (Å²) in [5.41, 5.74) is 3.37. The van der Waals surface area contributed by atoms with Gasteiger partial charge >= 0.3 is 5.97 Å². The van der Waals surface area contributed by atoms with Crippen LogP contribution >= 0.6 is 22.9 Å². The van der Waals surface area contributed by atoms with Crippen LogP contribution < -0.4 is 5.32 Å². The number of esters is 1. The van der Waals surface area contributed by atoms with Gasteiger partial charge in [0.25, 0.3) is 0 Å². The molecule has 3 aromatic rings. The van der Waals surface area contributed by atoms with Crippen molar-refractivity contribution in [2.24, 2.45) is 0 Å². The number of nitriles is 1. The minimum absolute atomic E-state index is 0.348. The Morgan fingerprint density at radius 3 is 2.52 bits per heavy atom. The number of carbonyl (C=O) groups excluding carboxylic acids is 1. The van der Waals surface area contributed by atoms with E-state index >= 15 is 0 Å². The summed E-state index contributed by atoms with van der Waals surface area (Å²) in [6.07, 6.45) is 1.61. The molecule has 8 heteroatoms. The molecule has 0 fully saturated rings. The summed E-state index contributed by atoms with van der Waals surface area (Å²) in [5.74, 6) is -0.348. The summed E-state index contributed by atoms with van der Waals surface area (Å²) in [4.78, 5) is 19.0. The Kier molecular flexibility index (Phi) is 9.02. The highest BCUT2D eigenvalue weighted by atomic mass is 35.5. The van der Waals surface area contributed by atoms with Crippen molar-refractivity contribution < 1.29 is 9.53 Å². The highest BCUT2D eigenvalue weighted by Crippen LogP contribution is 2.27. The Hall–Kier alpha value is -3.18. The predicted molar refractivity (Wildman–Crippen MR) is 134 cm³/mol. The second kappa shape index (κ2) is 12.2. The molecule has 0 aliphatic heterocycles.